The van der Waals surface area contributed by atoms with Gasteiger partial charge in [-0.15, -0.1) is 0 Å². The van der Waals surface area contributed by atoms with Crippen LogP contribution in [0.4, 0.5) is 0 Å². The average Bonchev–Trinajstić information content (AvgIpc) is 2.83. The molecule has 2 fully saturated rings. The average molecular weight is 269 g/mol. The number of carbonyl (C=O) groups is 1. The largest absolute Gasteiger partial charge is 0.392 e. The number of aliphatic hydroxyl groups excluding tert-OH is 1. The molecule has 19 heavy (non-hydrogen) atoms. The number of carbonyl (C=O) groups excluding carboxylic acids is 1. The number of amides is 1. The third kappa shape index (κ3) is 4.44. The Hall–Kier alpha value is -0.650. The molecule has 0 saturated carbocycles. The van der Waals surface area contributed by atoms with Gasteiger partial charge in [0.1, 0.15) is 0 Å². The fourth-order valence-corrected chi connectivity index (χ4v) is 3.02. The van der Waals surface area contributed by atoms with Gasteiger partial charge in [-0.3, -0.25) is 4.79 Å². The summed E-state index contributed by atoms with van der Waals surface area (Å²) < 4.78 is 0. The van der Waals surface area contributed by atoms with Crippen LogP contribution in [0.5, 0.6) is 0 Å². The quantitative estimate of drug-likeness (QED) is 0.619. The highest BCUT2D eigenvalue weighted by Gasteiger charge is 2.27. The third-order valence-corrected chi connectivity index (χ3v) is 4.29. The van der Waals surface area contributed by atoms with E-state index in [1.165, 1.54) is 25.8 Å². The second-order valence-corrected chi connectivity index (χ2v) is 5.88. The lowest BCUT2D eigenvalue weighted by molar-refractivity contribution is -0.122. The van der Waals surface area contributed by atoms with E-state index in [0.717, 1.165) is 19.5 Å². The van der Waals surface area contributed by atoms with E-state index in [9.17, 15) is 9.90 Å². The number of likely N-dealkylation sites (tertiary alicyclic amines) is 1. The molecule has 3 unspecified atom stereocenters. The predicted octanol–water partition coefficient (Wildman–Crippen LogP) is 0.0899. The summed E-state index contributed by atoms with van der Waals surface area (Å²) >= 11 is 0. The third-order valence-electron chi connectivity index (χ3n) is 4.29. The summed E-state index contributed by atoms with van der Waals surface area (Å²) in [4.78, 5) is 14.3. The number of β-amino-alcohol motifs (C(OH)–C–C–N with tert-alkyl or cyclic N) is 1. The smallest absolute Gasteiger partial charge is 0.237 e. The number of rotatable bonds is 5. The van der Waals surface area contributed by atoms with Gasteiger partial charge in [0.05, 0.1) is 12.1 Å². The maximum absolute atomic E-state index is 11.8. The van der Waals surface area contributed by atoms with Gasteiger partial charge in [0.2, 0.25) is 5.91 Å². The molecule has 0 bridgehead atoms. The number of nitrogens with zero attached hydrogens (tertiary/aromatic N) is 1. The van der Waals surface area contributed by atoms with Gasteiger partial charge < -0.3 is 20.6 Å². The molecule has 0 aromatic heterocycles. The van der Waals surface area contributed by atoms with Crippen LogP contribution in [0.15, 0.2) is 0 Å². The van der Waals surface area contributed by atoms with E-state index in [1.807, 2.05) is 0 Å². The van der Waals surface area contributed by atoms with Gasteiger partial charge in [-0.05, 0) is 39.2 Å². The molecule has 3 atom stereocenters. The normalized spacial score (nSPS) is 32.4. The summed E-state index contributed by atoms with van der Waals surface area (Å²) in [6.07, 6.45) is 5.13. The molecule has 0 aliphatic carbocycles. The summed E-state index contributed by atoms with van der Waals surface area (Å²) in [5, 5.41) is 15.4. The Kier molecular flexibility index (Phi) is 5.60. The zero-order valence-electron chi connectivity index (χ0n) is 11.9. The Balaban J connectivity index is 1.57. The van der Waals surface area contributed by atoms with Crippen molar-refractivity contribution in [1.29, 1.82) is 0 Å². The molecule has 2 rings (SSSR count). The highest BCUT2D eigenvalue weighted by atomic mass is 16.3. The monoisotopic (exact) mass is 269 g/mol. The zero-order chi connectivity index (χ0) is 13.7. The van der Waals surface area contributed by atoms with E-state index < -0.39 is 0 Å². The zero-order valence-corrected chi connectivity index (χ0v) is 11.9. The Morgan fingerprint density at radius 1 is 1.47 bits per heavy atom. The van der Waals surface area contributed by atoms with E-state index in [1.54, 1.807) is 0 Å². The van der Waals surface area contributed by atoms with Crippen LogP contribution in [-0.4, -0.2) is 60.3 Å². The molecular formula is C14H27N3O2. The van der Waals surface area contributed by atoms with Crippen molar-refractivity contribution >= 4 is 5.91 Å². The molecule has 5 nitrogen and oxygen atoms in total. The fourth-order valence-electron chi connectivity index (χ4n) is 3.02. The topological polar surface area (TPSA) is 64.6 Å². The Labute approximate surface area is 115 Å². The van der Waals surface area contributed by atoms with Crippen molar-refractivity contribution in [2.24, 2.45) is 0 Å². The second-order valence-electron chi connectivity index (χ2n) is 5.88. The second kappa shape index (κ2) is 7.22. The lowest BCUT2D eigenvalue weighted by atomic mass is 10.0. The van der Waals surface area contributed by atoms with Crippen LogP contribution < -0.4 is 10.6 Å². The van der Waals surface area contributed by atoms with Crippen LogP contribution >= 0.6 is 0 Å². The number of nitrogens with one attached hydrogen (secondary N) is 2. The van der Waals surface area contributed by atoms with Gasteiger partial charge in [0.15, 0.2) is 0 Å². The predicted molar refractivity (Wildman–Crippen MR) is 74.9 cm³/mol. The minimum atomic E-state index is -0.370. The molecule has 0 aromatic rings. The van der Waals surface area contributed by atoms with E-state index in [2.05, 4.69) is 22.5 Å². The first-order valence-electron chi connectivity index (χ1n) is 7.60. The molecule has 3 N–H and O–H groups in total. The molecule has 5 heteroatoms. The van der Waals surface area contributed by atoms with Crippen LogP contribution in [0.2, 0.25) is 0 Å². The molecule has 1 amide bonds. The Morgan fingerprint density at radius 2 is 2.32 bits per heavy atom. The van der Waals surface area contributed by atoms with Crippen LogP contribution in [-0.2, 0) is 4.79 Å². The maximum Gasteiger partial charge on any atom is 0.237 e. The van der Waals surface area contributed by atoms with Gasteiger partial charge in [-0.25, -0.2) is 0 Å². The van der Waals surface area contributed by atoms with Gasteiger partial charge in [-0.1, -0.05) is 6.42 Å². The first-order chi connectivity index (χ1) is 9.16. The van der Waals surface area contributed by atoms with Gasteiger partial charge >= 0.3 is 0 Å². The van der Waals surface area contributed by atoms with E-state index in [0.29, 0.717) is 19.0 Å². The molecule has 0 aromatic carbocycles. The van der Waals surface area contributed by atoms with Crippen molar-refractivity contribution in [3.8, 4) is 0 Å². The Morgan fingerprint density at radius 3 is 3.00 bits per heavy atom. The molecular weight excluding hydrogens is 242 g/mol. The molecule has 2 saturated heterocycles. The molecule has 2 heterocycles. The van der Waals surface area contributed by atoms with Crippen molar-refractivity contribution in [3.63, 3.8) is 0 Å². The van der Waals surface area contributed by atoms with E-state index in [-0.39, 0.29) is 18.1 Å². The van der Waals surface area contributed by atoms with Gasteiger partial charge in [0, 0.05) is 25.7 Å². The van der Waals surface area contributed by atoms with Gasteiger partial charge in [0.25, 0.3) is 0 Å². The van der Waals surface area contributed by atoms with Crippen LogP contribution in [0, 0.1) is 0 Å². The molecule has 2 aliphatic rings. The summed E-state index contributed by atoms with van der Waals surface area (Å²) in [7, 11) is 0. The highest BCUT2D eigenvalue weighted by Crippen LogP contribution is 2.16. The van der Waals surface area contributed by atoms with Crippen molar-refractivity contribution in [3.05, 3.63) is 0 Å². The van der Waals surface area contributed by atoms with Crippen LogP contribution in [0.3, 0.4) is 0 Å². The highest BCUT2D eigenvalue weighted by molar-refractivity contribution is 5.82. The van der Waals surface area contributed by atoms with Crippen molar-refractivity contribution in [1.82, 2.24) is 15.5 Å². The van der Waals surface area contributed by atoms with Crippen molar-refractivity contribution < 1.29 is 9.90 Å². The summed E-state index contributed by atoms with van der Waals surface area (Å²) in [5.74, 6) is 0.0308. The van der Waals surface area contributed by atoms with Crippen LogP contribution in [0.25, 0.3) is 0 Å². The Bertz CT molecular complexity index is 298. The first kappa shape index (κ1) is 14.8. The summed E-state index contributed by atoms with van der Waals surface area (Å²) in [6.45, 7) is 5.83. The van der Waals surface area contributed by atoms with Crippen LogP contribution in [0.1, 0.15) is 39.0 Å². The van der Waals surface area contributed by atoms with Gasteiger partial charge in [-0.2, -0.15) is 0 Å². The minimum Gasteiger partial charge on any atom is -0.392 e. The number of aliphatic hydroxyl groups is 1. The fraction of sp³-hybridized carbons (Fsp3) is 0.929. The number of piperidine rings is 1. The summed E-state index contributed by atoms with van der Waals surface area (Å²) in [5.41, 5.74) is 0. The minimum absolute atomic E-state index is 0.0308. The van der Waals surface area contributed by atoms with Crippen molar-refractivity contribution in [2.75, 3.05) is 26.2 Å². The lowest BCUT2D eigenvalue weighted by Gasteiger charge is -2.33. The van der Waals surface area contributed by atoms with E-state index >= 15 is 0 Å². The molecule has 0 spiro atoms. The van der Waals surface area contributed by atoms with E-state index in [4.69, 9.17) is 0 Å². The number of hydrogen-bond acceptors (Lipinski definition) is 4. The standard InChI is InChI=1S/C14H27N3O2/c1-11-5-2-3-7-17(11)8-4-6-15-14(19)13-9-12(18)10-16-13/h11-13,16,18H,2-10H2,1H3,(H,15,19). The maximum atomic E-state index is 11.8. The van der Waals surface area contributed by atoms with Crippen molar-refractivity contribution in [2.45, 2.75) is 57.2 Å². The molecule has 110 valence electrons. The SMILES string of the molecule is CC1CCCCN1CCCNC(=O)C1CC(O)CN1. The lowest BCUT2D eigenvalue weighted by Crippen LogP contribution is -2.42. The summed E-state index contributed by atoms with van der Waals surface area (Å²) in [6, 6.07) is 0.486. The molecule has 0 radical (unpaired) electrons. The number of hydrogen-bond donors (Lipinski definition) is 3. The molecule has 2 aliphatic heterocycles. The first-order valence-corrected chi connectivity index (χ1v) is 7.60.